The predicted molar refractivity (Wildman–Crippen MR) is 82.9 cm³/mol. The molecule has 0 fully saturated rings. The minimum absolute atomic E-state index is 0.0439. The lowest BCUT2D eigenvalue weighted by Crippen LogP contribution is -2.25. The van der Waals surface area contributed by atoms with Crippen LogP contribution in [0.15, 0.2) is 53.0 Å². The first-order chi connectivity index (χ1) is 9.60. The summed E-state index contributed by atoms with van der Waals surface area (Å²) in [5.74, 6) is 0.0439. The van der Waals surface area contributed by atoms with Crippen molar-refractivity contribution >= 4 is 27.4 Å². The molecule has 0 aliphatic rings. The maximum absolute atomic E-state index is 12.2. The van der Waals surface area contributed by atoms with Crippen molar-refractivity contribution in [3.05, 3.63) is 64.1 Å². The number of hydrogen-bond acceptors (Lipinski definition) is 3. The number of nitrogens with zero attached hydrogens (tertiary/aromatic N) is 2. The number of benzene rings is 2. The van der Waals surface area contributed by atoms with Gasteiger partial charge in [-0.05, 0) is 30.3 Å². The maximum atomic E-state index is 12.2. The molecule has 20 heavy (non-hydrogen) atoms. The first-order valence-corrected chi connectivity index (χ1v) is 6.89. The third-order valence-electron chi connectivity index (χ3n) is 2.96. The SMILES string of the molecule is CN(CC(=O)c1ccc(Br)cc1)c1cccc(C#N)c1. The molecule has 0 aliphatic carbocycles. The summed E-state index contributed by atoms with van der Waals surface area (Å²) in [6.07, 6.45) is 0. The molecule has 3 nitrogen and oxygen atoms in total. The van der Waals surface area contributed by atoms with Gasteiger partial charge in [-0.2, -0.15) is 5.26 Å². The van der Waals surface area contributed by atoms with Crippen molar-refractivity contribution in [1.82, 2.24) is 0 Å². The number of anilines is 1. The molecule has 0 heterocycles. The number of carbonyl (C=O) groups excluding carboxylic acids is 1. The largest absolute Gasteiger partial charge is 0.367 e. The van der Waals surface area contributed by atoms with Crippen LogP contribution < -0.4 is 4.90 Å². The molecule has 2 rings (SSSR count). The van der Waals surface area contributed by atoms with Crippen LogP contribution in [0, 0.1) is 11.3 Å². The van der Waals surface area contributed by atoms with E-state index in [1.807, 2.05) is 36.2 Å². The minimum Gasteiger partial charge on any atom is -0.367 e. The Morgan fingerprint density at radius 1 is 1.25 bits per heavy atom. The third-order valence-corrected chi connectivity index (χ3v) is 3.49. The van der Waals surface area contributed by atoms with Crippen molar-refractivity contribution in [2.24, 2.45) is 0 Å². The van der Waals surface area contributed by atoms with Gasteiger partial charge in [-0.25, -0.2) is 0 Å². The van der Waals surface area contributed by atoms with E-state index in [4.69, 9.17) is 5.26 Å². The normalized spacial score (nSPS) is 9.85. The molecule has 0 aromatic heterocycles. The van der Waals surface area contributed by atoms with Gasteiger partial charge in [0.05, 0.1) is 18.2 Å². The van der Waals surface area contributed by atoms with Crippen molar-refractivity contribution in [3.8, 4) is 6.07 Å². The van der Waals surface area contributed by atoms with Gasteiger partial charge in [0.25, 0.3) is 0 Å². The predicted octanol–water partition coefficient (Wildman–Crippen LogP) is 3.64. The lowest BCUT2D eigenvalue weighted by Gasteiger charge is -2.18. The van der Waals surface area contributed by atoms with Gasteiger partial charge in [0, 0.05) is 22.8 Å². The Balaban J connectivity index is 2.11. The number of rotatable bonds is 4. The van der Waals surface area contributed by atoms with Crippen LogP contribution in [0.4, 0.5) is 5.69 Å². The first-order valence-electron chi connectivity index (χ1n) is 6.10. The Hall–Kier alpha value is -2.12. The minimum atomic E-state index is 0.0439. The average Bonchev–Trinajstić information content (AvgIpc) is 2.47. The van der Waals surface area contributed by atoms with E-state index in [0.29, 0.717) is 11.1 Å². The molecule has 0 unspecified atom stereocenters. The summed E-state index contributed by atoms with van der Waals surface area (Å²) in [6.45, 7) is 0.274. The van der Waals surface area contributed by atoms with Crippen molar-refractivity contribution in [3.63, 3.8) is 0 Å². The van der Waals surface area contributed by atoms with E-state index in [1.165, 1.54) is 0 Å². The van der Waals surface area contributed by atoms with E-state index >= 15 is 0 Å². The molecule has 0 aliphatic heterocycles. The zero-order chi connectivity index (χ0) is 14.5. The fourth-order valence-electron chi connectivity index (χ4n) is 1.85. The summed E-state index contributed by atoms with van der Waals surface area (Å²) >= 11 is 3.35. The summed E-state index contributed by atoms with van der Waals surface area (Å²) in [5, 5.41) is 8.89. The molecule has 2 aromatic rings. The number of carbonyl (C=O) groups is 1. The highest BCUT2D eigenvalue weighted by atomic mass is 79.9. The zero-order valence-electron chi connectivity index (χ0n) is 11.0. The second-order valence-electron chi connectivity index (χ2n) is 4.45. The lowest BCUT2D eigenvalue weighted by molar-refractivity contribution is 0.100. The summed E-state index contributed by atoms with van der Waals surface area (Å²) in [5.41, 5.74) is 2.12. The van der Waals surface area contributed by atoms with Gasteiger partial charge in [0.15, 0.2) is 5.78 Å². The summed E-state index contributed by atoms with van der Waals surface area (Å²) in [4.78, 5) is 14.0. The molecule has 0 atom stereocenters. The highest BCUT2D eigenvalue weighted by molar-refractivity contribution is 9.10. The van der Waals surface area contributed by atoms with E-state index in [0.717, 1.165) is 10.2 Å². The number of hydrogen-bond donors (Lipinski definition) is 0. The Morgan fingerprint density at radius 3 is 2.60 bits per heavy atom. The van der Waals surface area contributed by atoms with Gasteiger partial charge < -0.3 is 4.90 Å². The van der Waals surface area contributed by atoms with Gasteiger partial charge >= 0.3 is 0 Å². The van der Waals surface area contributed by atoms with Crippen molar-refractivity contribution in [2.75, 3.05) is 18.5 Å². The molecular formula is C16H13BrN2O. The summed E-state index contributed by atoms with van der Waals surface area (Å²) < 4.78 is 0.948. The fourth-order valence-corrected chi connectivity index (χ4v) is 2.11. The van der Waals surface area contributed by atoms with Crippen LogP contribution >= 0.6 is 15.9 Å². The molecule has 0 saturated carbocycles. The third kappa shape index (κ3) is 3.46. The smallest absolute Gasteiger partial charge is 0.182 e. The van der Waals surface area contributed by atoms with Crippen molar-refractivity contribution in [2.45, 2.75) is 0 Å². The van der Waals surface area contributed by atoms with Crippen LogP contribution in [0.1, 0.15) is 15.9 Å². The van der Waals surface area contributed by atoms with Crippen LogP contribution in [-0.2, 0) is 0 Å². The van der Waals surface area contributed by atoms with E-state index in [1.54, 1.807) is 24.3 Å². The monoisotopic (exact) mass is 328 g/mol. The summed E-state index contributed by atoms with van der Waals surface area (Å²) in [7, 11) is 1.84. The quantitative estimate of drug-likeness (QED) is 0.805. The zero-order valence-corrected chi connectivity index (χ0v) is 12.6. The van der Waals surface area contributed by atoms with Crippen LogP contribution in [0.3, 0.4) is 0 Å². The Kier molecular flexibility index (Phi) is 4.54. The first kappa shape index (κ1) is 14.3. The number of likely N-dealkylation sites (N-methyl/N-ethyl adjacent to an activating group) is 1. The van der Waals surface area contributed by atoms with E-state index in [-0.39, 0.29) is 12.3 Å². The highest BCUT2D eigenvalue weighted by Crippen LogP contribution is 2.16. The number of nitriles is 1. The summed E-state index contributed by atoms with van der Waals surface area (Å²) in [6, 6.07) is 16.6. The highest BCUT2D eigenvalue weighted by Gasteiger charge is 2.10. The molecule has 0 bridgehead atoms. The van der Waals surface area contributed by atoms with Gasteiger partial charge in [-0.15, -0.1) is 0 Å². The molecule has 4 heteroatoms. The second kappa shape index (κ2) is 6.36. The molecule has 0 spiro atoms. The lowest BCUT2D eigenvalue weighted by atomic mass is 10.1. The molecule has 100 valence electrons. The number of ketones is 1. The average molecular weight is 329 g/mol. The van der Waals surface area contributed by atoms with Gasteiger partial charge in [-0.3, -0.25) is 4.79 Å². The number of Topliss-reactive ketones (excluding diaryl/α,β-unsaturated/α-hetero) is 1. The molecule has 0 amide bonds. The van der Waals surface area contributed by atoms with E-state index in [9.17, 15) is 4.79 Å². The van der Waals surface area contributed by atoms with Crippen LogP contribution in [0.2, 0.25) is 0 Å². The molecule has 2 aromatic carbocycles. The maximum Gasteiger partial charge on any atom is 0.182 e. The molecular weight excluding hydrogens is 316 g/mol. The van der Waals surface area contributed by atoms with Crippen molar-refractivity contribution < 1.29 is 4.79 Å². The van der Waals surface area contributed by atoms with Crippen LogP contribution in [0.5, 0.6) is 0 Å². The standard InChI is InChI=1S/C16H13BrN2O/c1-19(15-4-2-3-12(9-15)10-18)11-16(20)13-5-7-14(17)8-6-13/h2-9H,11H2,1H3. The van der Waals surface area contributed by atoms with Crippen LogP contribution in [-0.4, -0.2) is 19.4 Å². The molecule has 0 radical (unpaired) electrons. The molecule has 0 N–H and O–H groups in total. The van der Waals surface area contributed by atoms with Gasteiger partial charge in [-0.1, -0.05) is 34.1 Å². The van der Waals surface area contributed by atoms with Crippen LogP contribution in [0.25, 0.3) is 0 Å². The van der Waals surface area contributed by atoms with Gasteiger partial charge in [0.1, 0.15) is 0 Å². The Morgan fingerprint density at radius 2 is 1.95 bits per heavy atom. The van der Waals surface area contributed by atoms with E-state index in [2.05, 4.69) is 22.0 Å². The fraction of sp³-hybridized carbons (Fsp3) is 0.125. The van der Waals surface area contributed by atoms with Crippen molar-refractivity contribution in [1.29, 1.82) is 5.26 Å². The van der Waals surface area contributed by atoms with E-state index < -0.39 is 0 Å². The number of halogens is 1. The second-order valence-corrected chi connectivity index (χ2v) is 5.36. The Labute approximate surface area is 126 Å². The topological polar surface area (TPSA) is 44.1 Å². The molecule has 0 saturated heterocycles. The Bertz CT molecular complexity index is 659. The van der Waals surface area contributed by atoms with Gasteiger partial charge in [0.2, 0.25) is 0 Å².